The maximum Gasteiger partial charge on any atom is 0.339 e. The van der Waals surface area contributed by atoms with E-state index in [9.17, 15) is 18.3 Å². The van der Waals surface area contributed by atoms with Crippen LogP contribution in [0.2, 0.25) is 0 Å². The van der Waals surface area contributed by atoms with Gasteiger partial charge in [0.1, 0.15) is 23.7 Å². The van der Waals surface area contributed by atoms with Gasteiger partial charge in [0.05, 0.1) is 10.6 Å². The predicted octanol–water partition coefficient (Wildman–Crippen LogP) is 2.56. The quantitative estimate of drug-likeness (QED) is 0.830. The molecule has 24 heavy (non-hydrogen) atoms. The second-order valence-corrected chi connectivity index (χ2v) is 7.48. The van der Waals surface area contributed by atoms with Gasteiger partial charge in [-0.25, -0.2) is 13.2 Å². The number of ether oxygens (including phenoxy) is 1. The summed E-state index contributed by atoms with van der Waals surface area (Å²) in [7, 11) is -3.47. The van der Waals surface area contributed by atoms with Gasteiger partial charge in [-0.2, -0.15) is 0 Å². The Bertz CT molecular complexity index is 853. The topological polar surface area (TPSA) is 101 Å². The average Bonchev–Trinajstić information content (AvgIpc) is 2.51. The third-order valence-corrected chi connectivity index (χ3v) is 5.30. The van der Waals surface area contributed by atoms with Crippen molar-refractivity contribution in [1.82, 2.24) is 0 Å². The van der Waals surface area contributed by atoms with E-state index in [4.69, 9.17) is 9.84 Å². The first-order chi connectivity index (χ1) is 11.2. The first-order valence-electron chi connectivity index (χ1n) is 7.20. The van der Waals surface area contributed by atoms with Crippen LogP contribution in [0, 0.1) is 13.8 Å². The summed E-state index contributed by atoms with van der Waals surface area (Å²) in [4.78, 5) is 11.2. The Morgan fingerprint density at radius 3 is 2.29 bits per heavy atom. The summed E-state index contributed by atoms with van der Waals surface area (Å²) in [6.45, 7) is 3.27. The van der Waals surface area contributed by atoms with Gasteiger partial charge in [-0.1, -0.05) is 17.7 Å². The zero-order valence-electron chi connectivity index (χ0n) is 13.3. The molecule has 6 nitrogen and oxygen atoms in total. The maximum atomic E-state index is 12.2. The Hall–Kier alpha value is -2.54. The van der Waals surface area contributed by atoms with Crippen molar-refractivity contribution in [2.24, 2.45) is 0 Å². The fourth-order valence-electron chi connectivity index (χ4n) is 2.14. The summed E-state index contributed by atoms with van der Waals surface area (Å²) < 4.78 is 29.8. The van der Waals surface area contributed by atoms with Gasteiger partial charge < -0.3 is 14.9 Å². The number of benzene rings is 2. The van der Waals surface area contributed by atoms with Crippen LogP contribution in [0.5, 0.6) is 11.5 Å². The molecule has 0 amide bonds. The molecule has 2 aromatic rings. The minimum Gasteiger partial charge on any atom is -0.507 e. The van der Waals surface area contributed by atoms with Crippen LogP contribution in [0.4, 0.5) is 0 Å². The highest BCUT2D eigenvalue weighted by Crippen LogP contribution is 2.30. The molecule has 0 fully saturated rings. The van der Waals surface area contributed by atoms with Crippen molar-refractivity contribution in [3.8, 4) is 11.5 Å². The third-order valence-electron chi connectivity index (χ3n) is 3.60. The number of sulfone groups is 1. The molecule has 0 bridgehead atoms. The second-order valence-electron chi connectivity index (χ2n) is 5.37. The van der Waals surface area contributed by atoms with E-state index in [1.807, 2.05) is 6.92 Å². The van der Waals surface area contributed by atoms with Crippen LogP contribution < -0.4 is 4.74 Å². The van der Waals surface area contributed by atoms with Crippen LogP contribution in [0.25, 0.3) is 0 Å². The average molecular weight is 350 g/mol. The van der Waals surface area contributed by atoms with Crippen molar-refractivity contribution in [3.05, 3.63) is 53.1 Å². The molecule has 0 aliphatic rings. The monoisotopic (exact) mass is 350 g/mol. The van der Waals surface area contributed by atoms with E-state index >= 15 is 0 Å². The molecule has 0 saturated heterocycles. The van der Waals surface area contributed by atoms with E-state index in [-0.39, 0.29) is 39.9 Å². The molecule has 0 spiro atoms. The molecule has 2 N–H and O–H groups in total. The summed E-state index contributed by atoms with van der Waals surface area (Å²) in [5.41, 5.74) is 0.990. The van der Waals surface area contributed by atoms with Gasteiger partial charge in [-0.15, -0.1) is 0 Å². The summed E-state index contributed by atoms with van der Waals surface area (Å²) in [6, 6.07) is 9.15. The van der Waals surface area contributed by atoms with Crippen LogP contribution >= 0.6 is 0 Å². The van der Waals surface area contributed by atoms with Crippen molar-refractivity contribution in [2.45, 2.75) is 18.7 Å². The fraction of sp³-hybridized carbons (Fsp3) is 0.235. The highest BCUT2D eigenvalue weighted by atomic mass is 32.2. The van der Waals surface area contributed by atoms with Crippen molar-refractivity contribution in [1.29, 1.82) is 0 Å². The van der Waals surface area contributed by atoms with Gasteiger partial charge in [-0.05, 0) is 38.1 Å². The largest absolute Gasteiger partial charge is 0.507 e. The number of hydrogen-bond donors (Lipinski definition) is 2. The number of rotatable bonds is 6. The zero-order valence-corrected chi connectivity index (χ0v) is 14.1. The molecule has 0 unspecified atom stereocenters. The van der Waals surface area contributed by atoms with E-state index in [2.05, 4.69) is 0 Å². The summed E-state index contributed by atoms with van der Waals surface area (Å²) in [6.07, 6.45) is 0. The first kappa shape index (κ1) is 17.8. The van der Waals surface area contributed by atoms with Crippen molar-refractivity contribution in [3.63, 3.8) is 0 Å². The van der Waals surface area contributed by atoms with Crippen molar-refractivity contribution in [2.75, 3.05) is 12.4 Å². The Kier molecular flexibility index (Phi) is 5.14. The second kappa shape index (κ2) is 6.92. The van der Waals surface area contributed by atoms with E-state index in [0.717, 1.165) is 5.56 Å². The van der Waals surface area contributed by atoms with Crippen LogP contribution in [0.1, 0.15) is 21.5 Å². The maximum absolute atomic E-state index is 12.2. The van der Waals surface area contributed by atoms with E-state index in [1.165, 1.54) is 19.1 Å². The van der Waals surface area contributed by atoms with Crippen LogP contribution in [-0.2, 0) is 9.84 Å². The van der Waals surface area contributed by atoms with Crippen molar-refractivity contribution < 1.29 is 28.2 Å². The smallest absolute Gasteiger partial charge is 0.339 e. The minimum absolute atomic E-state index is 0.108. The number of aryl methyl sites for hydroxylation is 1. The Morgan fingerprint density at radius 1 is 1.08 bits per heavy atom. The Labute approximate surface area is 140 Å². The lowest BCUT2D eigenvalue weighted by Crippen LogP contribution is -2.14. The number of hydrogen-bond acceptors (Lipinski definition) is 5. The zero-order chi connectivity index (χ0) is 17.9. The standard InChI is InChI=1S/C17H18O6S/c1-11-3-5-13(6-4-11)24(21,22)10-9-23-15-8-7-14(17(19)20)16(18)12(15)2/h3-8,18H,9-10H2,1-2H3,(H,19,20). The molecule has 0 radical (unpaired) electrons. The summed E-state index contributed by atoms with van der Waals surface area (Å²) in [5.74, 6) is -1.61. The first-order valence-corrected chi connectivity index (χ1v) is 8.85. The molecule has 7 heteroatoms. The molecular formula is C17H18O6S. The van der Waals surface area contributed by atoms with Crippen LogP contribution in [0.3, 0.4) is 0 Å². The van der Waals surface area contributed by atoms with Gasteiger partial charge in [0, 0.05) is 5.56 Å². The van der Waals surface area contributed by atoms with Gasteiger partial charge in [0.25, 0.3) is 0 Å². The van der Waals surface area contributed by atoms with E-state index in [1.54, 1.807) is 24.3 Å². The molecule has 2 aromatic carbocycles. The normalized spacial score (nSPS) is 11.2. The van der Waals surface area contributed by atoms with Gasteiger partial charge >= 0.3 is 5.97 Å². The number of phenols is 1. The molecule has 0 aromatic heterocycles. The predicted molar refractivity (Wildman–Crippen MR) is 88.5 cm³/mol. The van der Waals surface area contributed by atoms with Crippen LogP contribution in [-0.4, -0.2) is 37.0 Å². The number of carboxylic acids is 1. The molecule has 0 heterocycles. The highest BCUT2D eigenvalue weighted by Gasteiger charge is 2.17. The lowest BCUT2D eigenvalue weighted by atomic mass is 10.1. The summed E-state index contributed by atoms with van der Waals surface area (Å²) in [5, 5.41) is 18.8. The van der Waals surface area contributed by atoms with Crippen LogP contribution in [0.15, 0.2) is 41.3 Å². The van der Waals surface area contributed by atoms with E-state index < -0.39 is 15.8 Å². The third kappa shape index (κ3) is 3.86. The van der Waals surface area contributed by atoms with Gasteiger partial charge in [-0.3, -0.25) is 0 Å². The Morgan fingerprint density at radius 2 is 1.71 bits per heavy atom. The Balaban J connectivity index is 2.08. The molecule has 0 aliphatic heterocycles. The molecule has 0 saturated carbocycles. The number of carbonyl (C=O) groups is 1. The van der Waals surface area contributed by atoms with Gasteiger partial charge in [0.15, 0.2) is 9.84 Å². The van der Waals surface area contributed by atoms with Crippen molar-refractivity contribution >= 4 is 15.8 Å². The molecule has 0 atom stereocenters. The highest BCUT2D eigenvalue weighted by molar-refractivity contribution is 7.91. The number of aromatic hydroxyl groups is 1. The lowest BCUT2D eigenvalue weighted by Gasteiger charge is -2.12. The minimum atomic E-state index is -3.47. The number of carboxylic acid groups (broad SMARTS) is 1. The fourth-order valence-corrected chi connectivity index (χ4v) is 3.22. The van der Waals surface area contributed by atoms with E-state index in [0.29, 0.717) is 0 Å². The SMILES string of the molecule is Cc1ccc(S(=O)(=O)CCOc2ccc(C(=O)O)c(O)c2C)cc1. The molecule has 0 aliphatic carbocycles. The molecule has 128 valence electrons. The lowest BCUT2D eigenvalue weighted by molar-refractivity contribution is 0.0693. The number of aromatic carboxylic acids is 1. The molecule has 2 rings (SSSR count). The summed E-state index contributed by atoms with van der Waals surface area (Å²) >= 11 is 0. The molecular weight excluding hydrogens is 332 g/mol. The van der Waals surface area contributed by atoms with Gasteiger partial charge in [0.2, 0.25) is 0 Å².